The maximum Gasteiger partial charge on any atom is 0.305 e. The van der Waals surface area contributed by atoms with Crippen LogP contribution >= 0.6 is 24.0 Å². The van der Waals surface area contributed by atoms with Crippen LogP contribution in [0.2, 0.25) is 0 Å². The van der Waals surface area contributed by atoms with Gasteiger partial charge in [0.1, 0.15) is 0 Å². The van der Waals surface area contributed by atoms with E-state index in [0.717, 1.165) is 51.6 Å². The molecule has 0 spiro atoms. The molecule has 0 rings (SSSR count). The van der Waals surface area contributed by atoms with Gasteiger partial charge in [0.05, 0.1) is 7.11 Å². The van der Waals surface area contributed by atoms with E-state index in [4.69, 9.17) is 5.73 Å². The fourth-order valence-electron chi connectivity index (χ4n) is 1.49. The molecule has 0 aromatic heterocycles. The van der Waals surface area contributed by atoms with Crippen LogP contribution in [0.15, 0.2) is 4.99 Å². The van der Waals surface area contributed by atoms with Gasteiger partial charge in [-0.15, -0.1) is 24.0 Å². The monoisotopic (exact) mass is 385 g/mol. The second-order valence-electron chi connectivity index (χ2n) is 4.29. The van der Waals surface area contributed by atoms with Crippen LogP contribution in [-0.2, 0) is 9.53 Å². The first-order chi connectivity index (χ1) is 8.70. The lowest BCUT2D eigenvalue weighted by atomic mass is 10.1. The Labute approximate surface area is 133 Å². The van der Waals surface area contributed by atoms with Crippen molar-refractivity contribution in [2.75, 3.05) is 20.2 Å². The smallest absolute Gasteiger partial charge is 0.305 e. The Morgan fingerprint density at radius 3 is 2.53 bits per heavy atom. The SMILES string of the molecule is CCCCNC(N)=NCCCCCCC(=O)OC.I. The minimum atomic E-state index is -0.127. The summed E-state index contributed by atoms with van der Waals surface area (Å²) < 4.78 is 4.57. The highest BCUT2D eigenvalue weighted by molar-refractivity contribution is 14.0. The number of carbonyl (C=O) groups is 1. The lowest BCUT2D eigenvalue weighted by molar-refractivity contribution is -0.140. The maximum atomic E-state index is 10.8. The molecule has 0 heterocycles. The number of rotatable bonds is 10. The lowest BCUT2D eigenvalue weighted by Gasteiger charge is -2.04. The third-order valence-electron chi connectivity index (χ3n) is 2.64. The van der Waals surface area contributed by atoms with Gasteiger partial charge in [-0.05, 0) is 19.3 Å². The molecular formula is C13H28IN3O2. The zero-order valence-electron chi connectivity index (χ0n) is 12.1. The molecule has 0 aliphatic carbocycles. The van der Waals surface area contributed by atoms with Crippen molar-refractivity contribution >= 4 is 35.9 Å². The van der Waals surface area contributed by atoms with Gasteiger partial charge in [-0.2, -0.15) is 0 Å². The van der Waals surface area contributed by atoms with Crippen molar-refractivity contribution < 1.29 is 9.53 Å². The van der Waals surface area contributed by atoms with Crippen molar-refractivity contribution in [2.45, 2.75) is 51.9 Å². The first-order valence-corrected chi connectivity index (χ1v) is 6.81. The average Bonchev–Trinajstić information content (AvgIpc) is 2.37. The van der Waals surface area contributed by atoms with Crippen molar-refractivity contribution in [3.63, 3.8) is 0 Å². The van der Waals surface area contributed by atoms with Crippen LogP contribution in [0.5, 0.6) is 0 Å². The number of aliphatic imine (C=N–C) groups is 1. The molecule has 0 aromatic rings. The quantitative estimate of drug-likeness (QED) is 0.199. The summed E-state index contributed by atoms with van der Waals surface area (Å²) in [4.78, 5) is 15.1. The summed E-state index contributed by atoms with van der Waals surface area (Å²) in [5.41, 5.74) is 5.69. The van der Waals surface area contributed by atoms with Crippen LogP contribution in [0.4, 0.5) is 0 Å². The second kappa shape index (κ2) is 15.5. The summed E-state index contributed by atoms with van der Waals surface area (Å²) in [7, 11) is 1.42. The van der Waals surface area contributed by atoms with Gasteiger partial charge in [-0.1, -0.05) is 26.2 Å². The van der Waals surface area contributed by atoms with Crippen LogP contribution in [0, 0.1) is 0 Å². The van der Waals surface area contributed by atoms with Gasteiger partial charge in [0, 0.05) is 19.5 Å². The van der Waals surface area contributed by atoms with E-state index in [-0.39, 0.29) is 29.9 Å². The molecule has 19 heavy (non-hydrogen) atoms. The maximum absolute atomic E-state index is 10.8. The Kier molecular flexibility index (Phi) is 17.0. The number of carbonyl (C=O) groups excluding carboxylic acids is 1. The standard InChI is InChI=1S/C13H27N3O2.HI/c1-3-4-10-15-13(14)16-11-8-6-5-7-9-12(17)18-2;/h3-11H2,1-2H3,(H3,14,15,16);1H. The van der Waals surface area contributed by atoms with Gasteiger partial charge in [0.25, 0.3) is 0 Å². The van der Waals surface area contributed by atoms with Gasteiger partial charge in [-0.3, -0.25) is 9.79 Å². The molecule has 0 radical (unpaired) electrons. The third-order valence-corrected chi connectivity index (χ3v) is 2.64. The molecule has 0 aromatic carbocycles. The molecule has 3 N–H and O–H groups in total. The van der Waals surface area contributed by atoms with Gasteiger partial charge in [-0.25, -0.2) is 0 Å². The van der Waals surface area contributed by atoms with Crippen molar-refractivity contribution in [1.82, 2.24) is 5.32 Å². The average molecular weight is 385 g/mol. The summed E-state index contributed by atoms with van der Waals surface area (Å²) in [6, 6.07) is 0. The Hall–Kier alpha value is -0.530. The lowest BCUT2D eigenvalue weighted by Crippen LogP contribution is -2.32. The highest BCUT2D eigenvalue weighted by atomic mass is 127. The molecule has 114 valence electrons. The molecule has 0 saturated carbocycles. The minimum absolute atomic E-state index is 0. The fourth-order valence-corrected chi connectivity index (χ4v) is 1.49. The van der Waals surface area contributed by atoms with Crippen LogP contribution in [0.3, 0.4) is 0 Å². The number of nitrogens with one attached hydrogen (secondary N) is 1. The molecule has 0 atom stereocenters. The van der Waals surface area contributed by atoms with Crippen molar-refractivity contribution in [3.8, 4) is 0 Å². The van der Waals surface area contributed by atoms with Crippen LogP contribution in [0.1, 0.15) is 51.9 Å². The molecule has 0 aliphatic rings. The van der Waals surface area contributed by atoms with Gasteiger partial charge in [0.2, 0.25) is 0 Å². The Balaban J connectivity index is 0. The van der Waals surface area contributed by atoms with Gasteiger partial charge in [0.15, 0.2) is 5.96 Å². The number of unbranched alkanes of at least 4 members (excludes halogenated alkanes) is 4. The summed E-state index contributed by atoms with van der Waals surface area (Å²) in [6.07, 6.45) is 6.79. The van der Waals surface area contributed by atoms with Crippen molar-refractivity contribution in [3.05, 3.63) is 0 Å². The topological polar surface area (TPSA) is 76.7 Å². The molecule has 5 nitrogen and oxygen atoms in total. The molecule has 0 amide bonds. The molecule has 6 heteroatoms. The number of ether oxygens (including phenoxy) is 1. The number of nitrogens with zero attached hydrogens (tertiary/aromatic N) is 1. The predicted molar refractivity (Wildman–Crippen MR) is 89.9 cm³/mol. The first kappa shape index (κ1) is 20.8. The Bertz CT molecular complexity index is 248. The van der Waals surface area contributed by atoms with E-state index in [2.05, 4.69) is 22.0 Å². The highest BCUT2D eigenvalue weighted by Gasteiger charge is 1.98. The molecule has 0 saturated heterocycles. The van der Waals surface area contributed by atoms with E-state index in [9.17, 15) is 4.79 Å². The number of hydrogen-bond donors (Lipinski definition) is 2. The van der Waals surface area contributed by atoms with Crippen molar-refractivity contribution in [2.24, 2.45) is 10.7 Å². The third kappa shape index (κ3) is 15.4. The van der Waals surface area contributed by atoms with E-state index in [0.29, 0.717) is 12.4 Å². The number of halogens is 1. The first-order valence-electron chi connectivity index (χ1n) is 6.81. The molecule has 0 bridgehead atoms. The van der Waals surface area contributed by atoms with Crippen molar-refractivity contribution in [1.29, 1.82) is 0 Å². The normalized spacial score (nSPS) is 10.7. The van der Waals surface area contributed by atoms with Crippen LogP contribution in [-0.4, -0.2) is 32.1 Å². The highest BCUT2D eigenvalue weighted by Crippen LogP contribution is 2.03. The van der Waals surface area contributed by atoms with E-state index in [1.54, 1.807) is 0 Å². The number of guanidine groups is 1. The van der Waals surface area contributed by atoms with Crippen LogP contribution < -0.4 is 11.1 Å². The molecule has 0 unspecified atom stereocenters. The molecule has 0 fully saturated rings. The van der Waals surface area contributed by atoms with Gasteiger partial charge < -0.3 is 15.8 Å². The summed E-state index contributed by atoms with van der Waals surface area (Å²) >= 11 is 0. The second-order valence-corrected chi connectivity index (χ2v) is 4.29. The number of methoxy groups -OCH3 is 1. The Morgan fingerprint density at radius 2 is 1.89 bits per heavy atom. The Morgan fingerprint density at radius 1 is 1.21 bits per heavy atom. The number of nitrogens with two attached hydrogens (primary N) is 1. The van der Waals surface area contributed by atoms with E-state index >= 15 is 0 Å². The number of hydrogen-bond acceptors (Lipinski definition) is 3. The molecule has 0 aliphatic heterocycles. The zero-order valence-corrected chi connectivity index (χ0v) is 14.4. The summed E-state index contributed by atoms with van der Waals surface area (Å²) in [5.74, 6) is 0.412. The largest absolute Gasteiger partial charge is 0.469 e. The van der Waals surface area contributed by atoms with Gasteiger partial charge >= 0.3 is 5.97 Å². The fraction of sp³-hybridized carbons (Fsp3) is 0.846. The minimum Gasteiger partial charge on any atom is -0.469 e. The summed E-state index contributed by atoms with van der Waals surface area (Å²) in [5, 5.41) is 3.07. The predicted octanol–water partition coefficient (Wildman–Crippen LogP) is 2.43. The molecular weight excluding hydrogens is 357 g/mol. The van der Waals surface area contributed by atoms with E-state index in [1.807, 2.05) is 0 Å². The van der Waals surface area contributed by atoms with E-state index < -0.39 is 0 Å². The summed E-state index contributed by atoms with van der Waals surface area (Å²) in [6.45, 7) is 3.79. The van der Waals surface area contributed by atoms with E-state index in [1.165, 1.54) is 7.11 Å². The zero-order chi connectivity index (χ0) is 13.6. The van der Waals surface area contributed by atoms with Crippen LogP contribution in [0.25, 0.3) is 0 Å². The number of esters is 1.